The van der Waals surface area contributed by atoms with E-state index in [0.717, 1.165) is 49.8 Å². The summed E-state index contributed by atoms with van der Waals surface area (Å²) in [6.07, 6.45) is 0. The molecule has 0 unspecified atom stereocenters. The lowest BCUT2D eigenvalue weighted by Gasteiger charge is -2.13. The van der Waals surface area contributed by atoms with Crippen LogP contribution < -0.4 is 0 Å². The standard InChI is InChI=1S/C45H27N3OS/c1-2-11-28(12-3-1)29-21-23-30(24-22-29)32-13-4-5-16-37(32)44-46-43(31-25-26-35-34-15-7-9-20-40(34)50-41(35)27-31)47-45(48-44)38-18-10-17-36-33-14-6-8-19-39(33)49-42(36)38/h1-27H. The summed E-state index contributed by atoms with van der Waals surface area (Å²) in [5.41, 5.74) is 8.82. The zero-order valence-corrected chi connectivity index (χ0v) is 27.6. The Morgan fingerprint density at radius 1 is 0.360 bits per heavy atom. The first-order chi connectivity index (χ1) is 24.8. The highest BCUT2D eigenvalue weighted by atomic mass is 32.1. The summed E-state index contributed by atoms with van der Waals surface area (Å²) in [4.78, 5) is 15.5. The molecule has 0 atom stereocenters. The Morgan fingerprint density at radius 3 is 1.80 bits per heavy atom. The van der Waals surface area contributed by atoms with Gasteiger partial charge >= 0.3 is 0 Å². The minimum absolute atomic E-state index is 0.570. The van der Waals surface area contributed by atoms with Gasteiger partial charge in [0.1, 0.15) is 11.2 Å². The largest absolute Gasteiger partial charge is 0.455 e. The highest BCUT2D eigenvalue weighted by Gasteiger charge is 2.20. The van der Waals surface area contributed by atoms with Gasteiger partial charge in [0.15, 0.2) is 17.5 Å². The van der Waals surface area contributed by atoms with Crippen molar-refractivity contribution in [3.63, 3.8) is 0 Å². The lowest BCUT2D eigenvalue weighted by molar-refractivity contribution is 0.669. The van der Waals surface area contributed by atoms with Gasteiger partial charge in [-0.1, -0.05) is 140 Å². The van der Waals surface area contributed by atoms with Crippen LogP contribution in [0.15, 0.2) is 168 Å². The van der Waals surface area contributed by atoms with E-state index in [4.69, 9.17) is 19.4 Å². The average Bonchev–Trinajstić information content (AvgIpc) is 3.76. The highest BCUT2D eigenvalue weighted by Crippen LogP contribution is 2.39. The Labute approximate surface area is 292 Å². The Morgan fingerprint density at radius 2 is 0.940 bits per heavy atom. The first-order valence-corrected chi connectivity index (χ1v) is 17.4. The maximum Gasteiger partial charge on any atom is 0.167 e. The second-order valence-corrected chi connectivity index (χ2v) is 13.5. The van der Waals surface area contributed by atoms with Crippen LogP contribution in [0.5, 0.6) is 0 Å². The molecule has 0 radical (unpaired) electrons. The summed E-state index contributed by atoms with van der Waals surface area (Å²) in [7, 11) is 0. The molecule has 3 heterocycles. The minimum Gasteiger partial charge on any atom is -0.455 e. The normalized spacial score (nSPS) is 11.6. The summed E-state index contributed by atoms with van der Waals surface area (Å²) in [5.74, 6) is 1.80. The van der Waals surface area contributed by atoms with Crippen LogP contribution in [0, 0.1) is 0 Å². The van der Waals surface area contributed by atoms with Gasteiger partial charge in [-0.05, 0) is 46.5 Å². The second kappa shape index (κ2) is 11.6. The van der Waals surface area contributed by atoms with Crippen molar-refractivity contribution in [1.82, 2.24) is 15.0 Å². The molecular weight excluding hydrogens is 631 g/mol. The van der Waals surface area contributed by atoms with Crippen molar-refractivity contribution in [3.8, 4) is 56.4 Å². The Balaban J connectivity index is 1.17. The molecule has 0 spiro atoms. The lowest BCUT2D eigenvalue weighted by atomic mass is 9.96. The van der Waals surface area contributed by atoms with Gasteiger partial charge in [0, 0.05) is 42.1 Å². The van der Waals surface area contributed by atoms with Crippen LogP contribution in [0.25, 0.3) is 98.5 Å². The van der Waals surface area contributed by atoms with Crippen molar-refractivity contribution >= 4 is 53.4 Å². The van der Waals surface area contributed by atoms with Crippen molar-refractivity contribution in [2.24, 2.45) is 0 Å². The summed E-state index contributed by atoms with van der Waals surface area (Å²) in [5, 5.41) is 4.60. The van der Waals surface area contributed by atoms with Crippen molar-refractivity contribution in [2.75, 3.05) is 0 Å². The summed E-state index contributed by atoms with van der Waals surface area (Å²) in [6.45, 7) is 0. The zero-order chi connectivity index (χ0) is 33.0. The first-order valence-electron chi connectivity index (χ1n) is 16.6. The number of hydrogen-bond donors (Lipinski definition) is 0. The van der Waals surface area contributed by atoms with Crippen LogP contribution in [0.4, 0.5) is 0 Å². The summed E-state index contributed by atoms with van der Waals surface area (Å²) in [6, 6.07) is 56.9. The van der Waals surface area contributed by atoms with E-state index in [-0.39, 0.29) is 0 Å². The Bertz CT molecular complexity index is 2870. The van der Waals surface area contributed by atoms with Crippen LogP contribution in [-0.4, -0.2) is 15.0 Å². The molecule has 0 bridgehead atoms. The SMILES string of the molecule is c1ccc(-c2ccc(-c3ccccc3-c3nc(-c4ccc5c(c4)sc4ccccc45)nc(-c4cccc5c4oc4ccccc45)n3)cc2)cc1. The number of rotatable bonds is 5. The number of benzene rings is 7. The fourth-order valence-electron chi connectivity index (χ4n) is 6.94. The molecule has 0 aliphatic carbocycles. The number of para-hydroxylation sites is 2. The van der Waals surface area contributed by atoms with E-state index in [1.807, 2.05) is 42.5 Å². The second-order valence-electron chi connectivity index (χ2n) is 12.4. The van der Waals surface area contributed by atoms with Gasteiger partial charge < -0.3 is 4.42 Å². The van der Waals surface area contributed by atoms with Crippen LogP contribution >= 0.6 is 11.3 Å². The van der Waals surface area contributed by atoms with Crippen molar-refractivity contribution < 1.29 is 4.42 Å². The highest BCUT2D eigenvalue weighted by molar-refractivity contribution is 7.25. The molecule has 4 nitrogen and oxygen atoms in total. The average molecular weight is 658 g/mol. The third-order valence-corrected chi connectivity index (χ3v) is 10.5. The van der Waals surface area contributed by atoms with Crippen LogP contribution in [0.2, 0.25) is 0 Å². The molecule has 0 aliphatic rings. The Hall–Kier alpha value is -6.43. The molecule has 0 fully saturated rings. The summed E-state index contributed by atoms with van der Waals surface area (Å²) < 4.78 is 8.93. The number of thiophene rings is 1. The van der Waals surface area contributed by atoms with Gasteiger partial charge in [-0.15, -0.1) is 11.3 Å². The molecule has 10 aromatic rings. The monoisotopic (exact) mass is 657 g/mol. The molecule has 10 rings (SSSR count). The molecule has 0 saturated heterocycles. The number of aromatic nitrogens is 3. The maximum atomic E-state index is 6.46. The van der Waals surface area contributed by atoms with E-state index in [1.54, 1.807) is 11.3 Å². The molecule has 0 amide bonds. The number of fused-ring (bicyclic) bond motifs is 6. The molecule has 0 N–H and O–H groups in total. The Kier molecular flexibility index (Phi) is 6.64. The quantitative estimate of drug-likeness (QED) is 0.185. The van der Waals surface area contributed by atoms with Gasteiger partial charge in [0.25, 0.3) is 0 Å². The third-order valence-electron chi connectivity index (χ3n) is 9.39. The van der Waals surface area contributed by atoms with E-state index >= 15 is 0 Å². The molecule has 234 valence electrons. The van der Waals surface area contributed by atoms with E-state index in [1.165, 1.54) is 31.3 Å². The van der Waals surface area contributed by atoms with Crippen molar-refractivity contribution in [3.05, 3.63) is 164 Å². The van der Waals surface area contributed by atoms with Crippen molar-refractivity contribution in [2.45, 2.75) is 0 Å². The fraction of sp³-hybridized carbons (Fsp3) is 0. The molecule has 3 aromatic heterocycles. The fourth-order valence-corrected chi connectivity index (χ4v) is 8.08. The van der Waals surface area contributed by atoms with Crippen LogP contribution in [0.3, 0.4) is 0 Å². The number of furan rings is 1. The number of nitrogens with zero attached hydrogens (tertiary/aromatic N) is 3. The van der Waals surface area contributed by atoms with E-state index in [0.29, 0.717) is 17.5 Å². The molecule has 7 aromatic carbocycles. The smallest absolute Gasteiger partial charge is 0.167 e. The van der Waals surface area contributed by atoms with Gasteiger partial charge in [-0.3, -0.25) is 0 Å². The predicted molar refractivity (Wildman–Crippen MR) is 207 cm³/mol. The van der Waals surface area contributed by atoms with Crippen molar-refractivity contribution in [1.29, 1.82) is 0 Å². The topological polar surface area (TPSA) is 51.8 Å². The van der Waals surface area contributed by atoms with Crippen LogP contribution in [0.1, 0.15) is 0 Å². The summed E-state index contributed by atoms with van der Waals surface area (Å²) >= 11 is 1.79. The van der Waals surface area contributed by atoms with Gasteiger partial charge in [-0.2, -0.15) is 0 Å². The first kappa shape index (κ1) is 28.6. The molecule has 0 saturated carbocycles. The van der Waals surface area contributed by atoms with Crippen LogP contribution in [-0.2, 0) is 0 Å². The van der Waals surface area contributed by atoms with E-state index in [9.17, 15) is 0 Å². The van der Waals surface area contributed by atoms with E-state index in [2.05, 4.69) is 121 Å². The molecule has 0 aliphatic heterocycles. The molecule has 5 heteroatoms. The third kappa shape index (κ3) is 4.79. The maximum absolute atomic E-state index is 6.46. The van der Waals surface area contributed by atoms with Gasteiger partial charge in [-0.25, -0.2) is 15.0 Å². The van der Waals surface area contributed by atoms with Gasteiger partial charge in [0.05, 0.1) is 5.56 Å². The predicted octanol–water partition coefficient (Wildman–Crippen LogP) is 12.5. The molecular formula is C45H27N3OS. The number of hydrogen-bond acceptors (Lipinski definition) is 5. The van der Waals surface area contributed by atoms with E-state index < -0.39 is 0 Å². The zero-order valence-electron chi connectivity index (χ0n) is 26.7. The molecule has 50 heavy (non-hydrogen) atoms. The van der Waals surface area contributed by atoms with Gasteiger partial charge in [0.2, 0.25) is 0 Å². The lowest BCUT2D eigenvalue weighted by Crippen LogP contribution is -2.01. The minimum atomic E-state index is 0.570.